The molecule has 0 aliphatic carbocycles. The Morgan fingerprint density at radius 3 is 2.73 bits per heavy atom. The first-order valence-electron chi connectivity index (χ1n) is 8.71. The van der Waals surface area contributed by atoms with Crippen molar-refractivity contribution in [1.82, 2.24) is 9.88 Å². The monoisotopic (exact) mass is 347 g/mol. The van der Waals surface area contributed by atoms with Crippen molar-refractivity contribution < 1.29 is 10.5 Å². The number of urea groups is 1. The molecule has 1 aromatic carbocycles. The molecule has 2 heterocycles. The number of carbonyl (C=O) groups excluding carboxylic acids is 1. The number of pyridine rings is 1. The number of benzene rings is 1. The van der Waals surface area contributed by atoms with Crippen LogP contribution < -0.4 is 11.1 Å². The topological polar surface area (TPSA) is 72.9 Å². The Morgan fingerprint density at radius 2 is 2.00 bits per heavy atom. The number of hydrogen-bond donors (Lipinski definition) is 2. The average molecular weight is 347 g/mol. The van der Waals surface area contributed by atoms with Crippen molar-refractivity contribution in [3.05, 3.63) is 65.5 Å². The lowest BCUT2D eigenvalue weighted by Gasteiger charge is -2.28. The Labute approximate surface area is 153 Å². The molecule has 1 aliphatic rings. The molecule has 2 aromatic rings. The minimum absolute atomic E-state index is 0.0651. The zero-order valence-electron chi connectivity index (χ0n) is 15.0. The summed E-state index contributed by atoms with van der Waals surface area (Å²) < 4.78 is 0. The molecule has 26 heavy (non-hydrogen) atoms. The Balaban J connectivity index is 1.53. The summed E-state index contributed by atoms with van der Waals surface area (Å²) in [6.45, 7) is 3.36. The molecule has 3 rings (SSSR count). The number of aryl methyl sites for hydroxylation is 1. The van der Waals surface area contributed by atoms with Gasteiger partial charge in [-0.15, -0.1) is 0 Å². The second kappa shape index (κ2) is 8.32. The smallest absolute Gasteiger partial charge is 0.321 e. The van der Waals surface area contributed by atoms with Crippen LogP contribution in [0.4, 0.5) is 16.2 Å². The molecule has 0 radical (unpaired) electrons. The van der Waals surface area contributed by atoms with Gasteiger partial charge in [0.15, 0.2) is 0 Å². The molecule has 1 aliphatic heterocycles. The number of nitrogens with one attached hydrogen (secondary N) is 1. The zero-order chi connectivity index (χ0) is 18.4. The first-order chi connectivity index (χ1) is 12.6. The summed E-state index contributed by atoms with van der Waals surface area (Å²) in [5.74, 6) is 6.16. The molecule has 1 saturated heterocycles. The fourth-order valence-electron chi connectivity index (χ4n) is 2.82. The molecule has 2 amide bonds. The maximum absolute atomic E-state index is 12.4. The lowest BCUT2D eigenvalue weighted by atomic mass is 10.0. The van der Waals surface area contributed by atoms with Gasteiger partial charge in [-0.1, -0.05) is 23.6 Å². The van der Waals surface area contributed by atoms with Crippen molar-refractivity contribution in [2.45, 2.75) is 19.8 Å². The number of piperidine rings is 1. The second-order valence-electron chi connectivity index (χ2n) is 6.35. The number of allylic oxidation sites excluding steroid dienone is 1. The Hall–Kier alpha value is -3.10. The molecule has 5 heteroatoms. The minimum atomic E-state index is -0.0651. The lowest BCUT2D eigenvalue weighted by Crippen LogP contribution is -2.41. The van der Waals surface area contributed by atoms with Gasteiger partial charge < -0.3 is 16.0 Å². The van der Waals surface area contributed by atoms with E-state index in [0.717, 1.165) is 35.6 Å². The number of anilines is 1. The molecule has 132 valence electrons. The van der Waals surface area contributed by atoms with Gasteiger partial charge in [-0.2, -0.15) is 0 Å². The van der Waals surface area contributed by atoms with Gasteiger partial charge in [0, 0.05) is 30.5 Å². The van der Waals surface area contributed by atoms with Crippen LogP contribution in [0.5, 0.6) is 0 Å². The van der Waals surface area contributed by atoms with Crippen LogP contribution in [-0.2, 0) is 0 Å². The summed E-state index contributed by atoms with van der Waals surface area (Å²) >= 11 is 0. The molecule has 4 N–H and O–H groups in total. The van der Waals surface area contributed by atoms with E-state index in [1.807, 2.05) is 60.4 Å². The van der Waals surface area contributed by atoms with Gasteiger partial charge >= 0.3 is 6.03 Å². The van der Waals surface area contributed by atoms with Crippen molar-refractivity contribution in [3.63, 3.8) is 0 Å². The van der Waals surface area contributed by atoms with Crippen molar-refractivity contribution >= 4 is 17.4 Å². The van der Waals surface area contributed by atoms with E-state index in [-0.39, 0.29) is 6.03 Å². The first kappa shape index (κ1) is 17.7. The van der Waals surface area contributed by atoms with Crippen LogP contribution in [0, 0.1) is 18.8 Å². The molecule has 0 atom stereocenters. The quantitative estimate of drug-likeness (QED) is 0.779. The van der Waals surface area contributed by atoms with Crippen LogP contribution >= 0.6 is 0 Å². The summed E-state index contributed by atoms with van der Waals surface area (Å²) in [6.07, 6.45) is 3.66. The molecule has 1 fully saturated rings. The standard InChI is InChI=1S/C21H22N4O/c1-16-5-2-8-19(23-16)9-3-6-17-11-13-25(14-12-17)21(26)24-20-10-4-7-18(22)15-20/h2,4-8,10,15H,11-14,22H2,1H3,(H,24,26)/p+1. The number of hydrogen-bond acceptors (Lipinski definition) is 2. The lowest BCUT2D eigenvalue weighted by molar-refractivity contribution is -0.254. The molecule has 5 nitrogen and oxygen atoms in total. The van der Waals surface area contributed by atoms with Crippen molar-refractivity contribution in [2.24, 2.45) is 0 Å². The van der Waals surface area contributed by atoms with E-state index in [2.05, 4.69) is 27.9 Å². The van der Waals surface area contributed by atoms with Gasteiger partial charge in [0.25, 0.3) is 0 Å². The summed E-state index contributed by atoms with van der Waals surface area (Å²) in [4.78, 5) is 18.6. The number of aromatic nitrogens is 1. The highest BCUT2D eigenvalue weighted by atomic mass is 16.2. The highest BCUT2D eigenvalue weighted by molar-refractivity contribution is 5.89. The predicted molar refractivity (Wildman–Crippen MR) is 103 cm³/mol. The largest absolute Gasteiger partial charge is 0.325 e. The van der Waals surface area contributed by atoms with Crippen molar-refractivity contribution in [2.75, 3.05) is 18.4 Å². The third kappa shape index (κ3) is 4.95. The maximum atomic E-state index is 12.4. The highest BCUT2D eigenvalue weighted by Crippen LogP contribution is 2.18. The van der Waals surface area contributed by atoms with E-state index in [4.69, 9.17) is 0 Å². The first-order valence-corrected chi connectivity index (χ1v) is 8.71. The Bertz CT molecular complexity index is 882. The van der Waals surface area contributed by atoms with Crippen LogP contribution in [0.15, 0.2) is 54.1 Å². The second-order valence-corrected chi connectivity index (χ2v) is 6.35. The molecule has 0 saturated carbocycles. The van der Waals surface area contributed by atoms with Gasteiger partial charge in [0.1, 0.15) is 11.4 Å². The van der Waals surface area contributed by atoms with Crippen LogP contribution in [-0.4, -0.2) is 29.0 Å². The zero-order valence-corrected chi connectivity index (χ0v) is 15.0. The van der Waals surface area contributed by atoms with E-state index in [1.165, 1.54) is 5.57 Å². The van der Waals surface area contributed by atoms with E-state index in [9.17, 15) is 4.79 Å². The molecule has 0 bridgehead atoms. The van der Waals surface area contributed by atoms with Crippen LogP contribution in [0.2, 0.25) is 0 Å². The molecule has 0 spiro atoms. The number of likely N-dealkylation sites (tertiary alicyclic amines) is 1. The number of rotatable bonds is 1. The average Bonchev–Trinajstić information content (AvgIpc) is 2.62. The van der Waals surface area contributed by atoms with Gasteiger partial charge in [0.05, 0.1) is 0 Å². The van der Waals surface area contributed by atoms with Crippen LogP contribution in [0.1, 0.15) is 24.2 Å². The number of quaternary nitrogens is 1. The number of carbonyl (C=O) groups is 1. The van der Waals surface area contributed by atoms with Crippen molar-refractivity contribution in [3.8, 4) is 11.8 Å². The fraction of sp³-hybridized carbons (Fsp3) is 0.238. The molecular weight excluding hydrogens is 324 g/mol. The third-order valence-corrected chi connectivity index (χ3v) is 4.24. The summed E-state index contributed by atoms with van der Waals surface area (Å²) in [6, 6.07) is 13.3. The van der Waals surface area contributed by atoms with Crippen LogP contribution in [0.25, 0.3) is 0 Å². The van der Waals surface area contributed by atoms with Gasteiger partial charge in [-0.3, -0.25) is 0 Å². The summed E-state index contributed by atoms with van der Waals surface area (Å²) in [5, 5.41) is 2.93. The Morgan fingerprint density at radius 1 is 1.23 bits per heavy atom. The van der Waals surface area contributed by atoms with Crippen molar-refractivity contribution in [1.29, 1.82) is 0 Å². The number of nitrogens with zero attached hydrogens (tertiary/aromatic N) is 2. The maximum Gasteiger partial charge on any atom is 0.321 e. The third-order valence-electron chi connectivity index (χ3n) is 4.24. The van der Waals surface area contributed by atoms with E-state index < -0.39 is 0 Å². The normalized spacial score (nSPS) is 13.6. The highest BCUT2D eigenvalue weighted by Gasteiger charge is 2.18. The van der Waals surface area contributed by atoms with E-state index in [1.54, 1.807) is 0 Å². The summed E-state index contributed by atoms with van der Waals surface area (Å²) in [5.41, 5.74) is 8.56. The SMILES string of the molecule is Cc1cccc(C#CC=C2CCN(C(=O)Nc3cccc([NH3+])c3)CC2)n1. The van der Waals surface area contributed by atoms with E-state index >= 15 is 0 Å². The van der Waals surface area contributed by atoms with Gasteiger partial charge in [-0.25, -0.2) is 9.78 Å². The molecular formula is C21H23N4O+. The molecule has 1 aromatic heterocycles. The van der Waals surface area contributed by atoms with Gasteiger partial charge in [0.2, 0.25) is 0 Å². The Kier molecular flexibility index (Phi) is 5.67. The predicted octanol–water partition coefficient (Wildman–Crippen LogP) is 2.87. The van der Waals surface area contributed by atoms with E-state index in [0.29, 0.717) is 13.1 Å². The molecule has 0 unspecified atom stereocenters. The fourth-order valence-corrected chi connectivity index (χ4v) is 2.82. The number of amides is 2. The van der Waals surface area contributed by atoms with Crippen LogP contribution in [0.3, 0.4) is 0 Å². The van der Waals surface area contributed by atoms with Gasteiger partial charge in [-0.05, 0) is 56.0 Å². The summed E-state index contributed by atoms with van der Waals surface area (Å²) in [7, 11) is 0. The minimum Gasteiger partial charge on any atom is -0.325 e.